The summed E-state index contributed by atoms with van der Waals surface area (Å²) in [5, 5.41) is 9.15. The van der Waals surface area contributed by atoms with E-state index in [1.54, 1.807) is 35.2 Å². The minimum absolute atomic E-state index is 0.0747. The monoisotopic (exact) mass is 437 g/mol. The lowest BCUT2D eigenvalue weighted by molar-refractivity contribution is -0.113. The van der Waals surface area contributed by atoms with E-state index >= 15 is 0 Å². The maximum Gasteiger partial charge on any atom is 0.356 e. The van der Waals surface area contributed by atoms with E-state index in [0.29, 0.717) is 16.8 Å². The Morgan fingerprint density at radius 3 is 2.45 bits per heavy atom. The van der Waals surface area contributed by atoms with Crippen molar-refractivity contribution < 1.29 is 14.3 Å². The van der Waals surface area contributed by atoms with Gasteiger partial charge in [0.25, 0.3) is 5.91 Å². The fraction of sp³-hybridized carbons (Fsp3) is 0.185. The summed E-state index contributed by atoms with van der Waals surface area (Å²) in [7, 11) is 1.31. The van der Waals surface area contributed by atoms with Crippen LogP contribution < -0.4 is 4.90 Å². The summed E-state index contributed by atoms with van der Waals surface area (Å²) in [5.74, 6) is -0.561. The van der Waals surface area contributed by atoms with Gasteiger partial charge in [-0.1, -0.05) is 50.2 Å². The van der Waals surface area contributed by atoms with Crippen LogP contribution in [0.5, 0.6) is 0 Å². The number of para-hydroxylation sites is 1. The first-order valence-electron chi connectivity index (χ1n) is 10.6. The van der Waals surface area contributed by atoms with Crippen LogP contribution in [-0.2, 0) is 16.1 Å². The number of benzene rings is 2. The number of allylic oxidation sites excluding steroid dienone is 1. The lowest BCUT2D eigenvalue weighted by atomic mass is 9.87. The Morgan fingerprint density at radius 2 is 1.79 bits per heavy atom. The van der Waals surface area contributed by atoms with Crippen molar-refractivity contribution in [3.05, 3.63) is 94.8 Å². The maximum absolute atomic E-state index is 13.8. The summed E-state index contributed by atoms with van der Waals surface area (Å²) in [6.45, 7) is 4.34. The van der Waals surface area contributed by atoms with Gasteiger partial charge in [-0.05, 0) is 47.4 Å². The van der Waals surface area contributed by atoms with E-state index < -0.39 is 5.97 Å². The number of fused-ring (bicyclic) bond motifs is 1. The molecule has 0 saturated heterocycles. The van der Waals surface area contributed by atoms with Gasteiger partial charge in [0.1, 0.15) is 5.69 Å². The van der Waals surface area contributed by atoms with Gasteiger partial charge < -0.3 is 9.64 Å². The number of carbonyl (C=O) groups excluding carboxylic acids is 2. The van der Waals surface area contributed by atoms with E-state index in [-0.39, 0.29) is 24.1 Å². The highest BCUT2D eigenvalue weighted by Gasteiger charge is 2.35. The zero-order valence-electron chi connectivity index (χ0n) is 18.7. The average molecular weight is 437 g/mol. The number of hydrogen-bond acceptors (Lipinski definition) is 5. The van der Waals surface area contributed by atoms with Crippen molar-refractivity contribution in [3.63, 3.8) is 0 Å². The second-order valence-electron chi connectivity index (χ2n) is 8.05. The van der Waals surface area contributed by atoms with Crippen molar-refractivity contribution in [3.8, 4) is 6.07 Å². The molecule has 1 aliphatic heterocycles. The van der Waals surface area contributed by atoms with E-state index in [1.807, 2.05) is 36.4 Å². The number of nitrogens with zero attached hydrogens (tertiary/aromatic N) is 3. The molecule has 1 amide bonds. The lowest BCUT2D eigenvalue weighted by Crippen LogP contribution is -2.27. The molecule has 6 heteroatoms. The highest BCUT2D eigenvalue weighted by Crippen LogP contribution is 2.43. The predicted molar refractivity (Wildman–Crippen MR) is 126 cm³/mol. The first-order chi connectivity index (χ1) is 15.9. The molecule has 0 bridgehead atoms. The number of esters is 1. The van der Waals surface area contributed by atoms with E-state index in [0.717, 1.165) is 22.4 Å². The number of carbonyl (C=O) groups is 2. The van der Waals surface area contributed by atoms with Gasteiger partial charge in [0.2, 0.25) is 0 Å². The predicted octanol–water partition coefficient (Wildman–Crippen LogP) is 4.85. The van der Waals surface area contributed by atoms with Crippen molar-refractivity contribution in [2.45, 2.75) is 20.4 Å². The van der Waals surface area contributed by atoms with Crippen LogP contribution in [0.3, 0.4) is 0 Å². The number of pyridine rings is 1. The molecular weight excluding hydrogens is 414 g/mol. The van der Waals surface area contributed by atoms with Crippen LogP contribution in [0, 0.1) is 17.2 Å². The van der Waals surface area contributed by atoms with Crippen molar-refractivity contribution in [1.82, 2.24) is 4.98 Å². The van der Waals surface area contributed by atoms with Gasteiger partial charge in [0.15, 0.2) is 0 Å². The molecule has 1 aliphatic rings. The van der Waals surface area contributed by atoms with Gasteiger partial charge in [-0.3, -0.25) is 4.79 Å². The summed E-state index contributed by atoms with van der Waals surface area (Å²) in [4.78, 5) is 31.7. The third kappa shape index (κ3) is 4.13. The first kappa shape index (κ1) is 22.0. The minimum atomic E-state index is -0.520. The standard InChI is InChI=1S/C27H23N3O3/c1-17(2)24(19-13-11-18(15-28)12-14-19)25-21-8-4-5-10-23(21)30(26(25)31)16-20-7-6-9-22(29-20)27(32)33-3/h4-14,17H,16H2,1-3H3. The number of anilines is 1. The van der Waals surface area contributed by atoms with Gasteiger partial charge in [-0.2, -0.15) is 5.26 Å². The number of amides is 1. The molecule has 0 spiro atoms. The summed E-state index contributed by atoms with van der Waals surface area (Å²) < 4.78 is 4.77. The minimum Gasteiger partial charge on any atom is -0.464 e. The SMILES string of the molecule is COC(=O)c1cccc(CN2C(=O)C(=C(c3ccc(C#N)cc3)C(C)C)c3ccccc32)n1. The highest BCUT2D eigenvalue weighted by atomic mass is 16.5. The molecule has 6 nitrogen and oxygen atoms in total. The second kappa shape index (κ2) is 9.09. The molecule has 0 saturated carbocycles. The number of ether oxygens (including phenoxy) is 1. The maximum atomic E-state index is 13.8. The normalized spacial score (nSPS) is 14.2. The molecule has 0 atom stereocenters. The van der Waals surface area contributed by atoms with Crippen molar-refractivity contribution in [2.24, 2.45) is 5.92 Å². The van der Waals surface area contributed by atoms with Crippen LogP contribution in [0.1, 0.15) is 46.7 Å². The van der Waals surface area contributed by atoms with Gasteiger partial charge in [0, 0.05) is 5.56 Å². The zero-order chi connectivity index (χ0) is 23.5. The molecular formula is C27H23N3O3. The fourth-order valence-corrected chi connectivity index (χ4v) is 4.14. The molecule has 1 aromatic heterocycles. The molecule has 33 heavy (non-hydrogen) atoms. The van der Waals surface area contributed by atoms with Crippen molar-refractivity contribution in [1.29, 1.82) is 5.26 Å². The Kier molecular flexibility index (Phi) is 6.05. The molecule has 2 heterocycles. The fourth-order valence-electron chi connectivity index (χ4n) is 4.14. The Bertz CT molecular complexity index is 1300. The van der Waals surface area contributed by atoms with Gasteiger partial charge >= 0.3 is 5.97 Å². The number of nitriles is 1. The van der Waals surface area contributed by atoms with E-state index in [2.05, 4.69) is 24.9 Å². The van der Waals surface area contributed by atoms with E-state index in [4.69, 9.17) is 10.00 Å². The van der Waals surface area contributed by atoms with Crippen LogP contribution in [0.4, 0.5) is 5.69 Å². The molecule has 0 N–H and O–H groups in total. The molecule has 4 rings (SSSR count). The Hall–Kier alpha value is -4.24. The average Bonchev–Trinajstić information content (AvgIpc) is 3.10. The summed E-state index contributed by atoms with van der Waals surface area (Å²) in [5.41, 5.74) is 5.51. The second-order valence-corrected chi connectivity index (χ2v) is 8.05. The molecule has 164 valence electrons. The van der Waals surface area contributed by atoms with E-state index in [1.165, 1.54) is 7.11 Å². The van der Waals surface area contributed by atoms with E-state index in [9.17, 15) is 9.59 Å². The molecule has 0 fully saturated rings. The van der Waals surface area contributed by atoms with Crippen LogP contribution in [0.15, 0.2) is 66.7 Å². The molecule has 2 aromatic carbocycles. The van der Waals surface area contributed by atoms with Crippen LogP contribution in [0.25, 0.3) is 11.1 Å². The number of hydrogen-bond donors (Lipinski definition) is 0. The van der Waals surface area contributed by atoms with Gasteiger partial charge in [-0.25, -0.2) is 9.78 Å². The number of aromatic nitrogens is 1. The molecule has 3 aromatic rings. The van der Waals surface area contributed by atoms with Gasteiger partial charge in [0.05, 0.1) is 42.2 Å². The number of methoxy groups -OCH3 is 1. The van der Waals surface area contributed by atoms with Crippen LogP contribution in [-0.4, -0.2) is 24.0 Å². The molecule has 0 radical (unpaired) electrons. The molecule has 0 aliphatic carbocycles. The third-order valence-electron chi connectivity index (χ3n) is 5.62. The van der Waals surface area contributed by atoms with Crippen LogP contribution >= 0.6 is 0 Å². The Morgan fingerprint density at radius 1 is 1.06 bits per heavy atom. The smallest absolute Gasteiger partial charge is 0.356 e. The summed E-state index contributed by atoms with van der Waals surface area (Å²) in [6.07, 6.45) is 0. The highest BCUT2D eigenvalue weighted by molar-refractivity contribution is 6.37. The molecule has 0 unspecified atom stereocenters. The largest absolute Gasteiger partial charge is 0.464 e. The topological polar surface area (TPSA) is 83.3 Å². The lowest BCUT2D eigenvalue weighted by Gasteiger charge is -2.18. The number of rotatable bonds is 5. The quantitative estimate of drug-likeness (QED) is 0.421. The third-order valence-corrected chi connectivity index (χ3v) is 5.62. The zero-order valence-corrected chi connectivity index (χ0v) is 18.7. The van der Waals surface area contributed by atoms with Gasteiger partial charge in [-0.15, -0.1) is 0 Å². The van der Waals surface area contributed by atoms with Crippen molar-refractivity contribution >= 4 is 28.7 Å². The Labute approximate surface area is 192 Å². The van der Waals surface area contributed by atoms with Crippen LogP contribution in [0.2, 0.25) is 0 Å². The first-order valence-corrected chi connectivity index (χ1v) is 10.6. The summed E-state index contributed by atoms with van der Waals surface area (Å²) in [6, 6.07) is 22.2. The van der Waals surface area contributed by atoms with Crippen molar-refractivity contribution in [2.75, 3.05) is 12.0 Å². The summed E-state index contributed by atoms with van der Waals surface area (Å²) >= 11 is 0. The Balaban J connectivity index is 1.81.